The number of carbonyl (C=O) groups is 2. The van der Waals surface area contributed by atoms with E-state index in [1.807, 2.05) is 0 Å². The van der Waals surface area contributed by atoms with Crippen LogP contribution in [0.4, 0.5) is 0 Å². The summed E-state index contributed by atoms with van der Waals surface area (Å²) in [6, 6.07) is 0. The molecule has 0 aromatic carbocycles. The second kappa shape index (κ2) is 7.36. The molecular formula is C13H24N2O3. The van der Waals surface area contributed by atoms with Crippen LogP contribution in [0.1, 0.15) is 32.1 Å². The second-order valence-corrected chi connectivity index (χ2v) is 5.24. The molecule has 1 saturated heterocycles. The van der Waals surface area contributed by atoms with Gasteiger partial charge in [0.1, 0.15) is 0 Å². The van der Waals surface area contributed by atoms with Crippen molar-refractivity contribution in [3.05, 3.63) is 0 Å². The summed E-state index contributed by atoms with van der Waals surface area (Å²) in [6.07, 6.45) is 3.84. The van der Waals surface area contributed by atoms with E-state index in [4.69, 9.17) is 5.11 Å². The first-order valence-electron chi connectivity index (χ1n) is 6.63. The van der Waals surface area contributed by atoms with Crippen LogP contribution in [-0.2, 0) is 9.59 Å². The van der Waals surface area contributed by atoms with E-state index in [2.05, 4.69) is 11.9 Å². The molecule has 1 aliphatic heterocycles. The molecule has 5 nitrogen and oxygen atoms in total. The first-order chi connectivity index (χ1) is 8.49. The number of hydrogen-bond donors (Lipinski definition) is 1. The van der Waals surface area contributed by atoms with Crippen LogP contribution in [0.15, 0.2) is 0 Å². The zero-order valence-electron chi connectivity index (χ0n) is 11.4. The third-order valence-electron chi connectivity index (χ3n) is 3.69. The number of aliphatic carboxylic acids is 1. The van der Waals surface area contributed by atoms with Gasteiger partial charge >= 0.3 is 5.97 Å². The average Bonchev–Trinajstić information content (AvgIpc) is 2.34. The van der Waals surface area contributed by atoms with E-state index in [1.165, 1.54) is 17.7 Å². The van der Waals surface area contributed by atoms with Crippen LogP contribution in [0.3, 0.4) is 0 Å². The normalized spacial score (nSPS) is 17.7. The topological polar surface area (TPSA) is 60.9 Å². The largest absolute Gasteiger partial charge is 0.481 e. The summed E-state index contributed by atoms with van der Waals surface area (Å²) < 4.78 is 0. The highest BCUT2D eigenvalue weighted by Crippen LogP contribution is 2.21. The number of carboxylic acids is 1. The molecule has 1 aliphatic rings. The van der Waals surface area contributed by atoms with E-state index < -0.39 is 5.97 Å². The Hall–Kier alpha value is -1.10. The predicted molar refractivity (Wildman–Crippen MR) is 69.3 cm³/mol. The van der Waals surface area contributed by atoms with E-state index in [9.17, 15) is 9.59 Å². The molecule has 1 rings (SSSR count). The predicted octanol–water partition coefficient (Wildman–Crippen LogP) is 1.04. The van der Waals surface area contributed by atoms with Crippen molar-refractivity contribution >= 4 is 11.9 Å². The van der Waals surface area contributed by atoms with Gasteiger partial charge in [-0.2, -0.15) is 0 Å². The zero-order valence-corrected chi connectivity index (χ0v) is 11.4. The van der Waals surface area contributed by atoms with Gasteiger partial charge in [-0.25, -0.2) is 0 Å². The van der Waals surface area contributed by atoms with Crippen molar-refractivity contribution in [3.8, 4) is 0 Å². The lowest BCUT2D eigenvalue weighted by Gasteiger charge is -2.29. The van der Waals surface area contributed by atoms with Gasteiger partial charge in [-0.05, 0) is 45.3 Å². The summed E-state index contributed by atoms with van der Waals surface area (Å²) in [6.45, 7) is 2.54. The SMILES string of the molecule is CN1CCC(CCC(=O)N(C)CCC(=O)O)CC1. The molecule has 0 aliphatic carbocycles. The molecule has 1 amide bonds. The minimum absolute atomic E-state index is 0.0243. The lowest BCUT2D eigenvalue weighted by Crippen LogP contribution is -2.32. The molecule has 1 fully saturated rings. The Labute approximate surface area is 109 Å². The monoisotopic (exact) mass is 256 g/mol. The number of rotatable bonds is 6. The van der Waals surface area contributed by atoms with Gasteiger partial charge in [-0.3, -0.25) is 9.59 Å². The van der Waals surface area contributed by atoms with Crippen LogP contribution < -0.4 is 0 Å². The summed E-state index contributed by atoms with van der Waals surface area (Å²) in [7, 11) is 3.81. The molecule has 0 saturated carbocycles. The van der Waals surface area contributed by atoms with E-state index in [0.717, 1.165) is 19.5 Å². The van der Waals surface area contributed by atoms with Gasteiger partial charge in [0.2, 0.25) is 5.91 Å². The molecule has 1 heterocycles. The minimum atomic E-state index is -0.857. The molecule has 5 heteroatoms. The van der Waals surface area contributed by atoms with Crippen LogP contribution in [-0.4, -0.2) is 60.5 Å². The van der Waals surface area contributed by atoms with Crippen LogP contribution in [0, 0.1) is 5.92 Å². The summed E-state index contributed by atoms with van der Waals surface area (Å²) in [5.74, 6) is -0.141. The van der Waals surface area contributed by atoms with Gasteiger partial charge in [0.25, 0.3) is 0 Å². The molecule has 0 aromatic heterocycles. The molecule has 0 spiro atoms. The number of carboxylic acid groups (broad SMARTS) is 1. The maximum absolute atomic E-state index is 11.8. The number of likely N-dealkylation sites (tertiary alicyclic amines) is 1. The third kappa shape index (κ3) is 5.49. The number of hydrogen-bond acceptors (Lipinski definition) is 3. The Kier molecular flexibility index (Phi) is 6.12. The molecule has 1 N–H and O–H groups in total. The molecule has 0 atom stereocenters. The fraction of sp³-hybridized carbons (Fsp3) is 0.846. The van der Waals surface area contributed by atoms with Crippen LogP contribution in [0.25, 0.3) is 0 Å². The molecule has 0 radical (unpaired) electrons. The fourth-order valence-electron chi connectivity index (χ4n) is 2.26. The number of amides is 1. The van der Waals surface area contributed by atoms with Crippen LogP contribution in [0.5, 0.6) is 0 Å². The quantitative estimate of drug-likeness (QED) is 0.771. The minimum Gasteiger partial charge on any atom is -0.481 e. The van der Waals surface area contributed by atoms with Crippen molar-refractivity contribution in [1.82, 2.24) is 9.80 Å². The maximum Gasteiger partial charge on any atom is 0.305 e. The maximum atomic E-state index is 11.8. The highest BCUT2D eigenvalue weighted by atomic mass is 16.4. The highest BCUT2D eigenvalue weighted by molar-refractivity contribution is 5.76. The lowest BCUT2D eigenvalue weighted by atomic mass is 9.92. The number of piperidine rings is 1. The summed E-state index contributed by atoms with van der Waals surface area (Å²) in [4.78, 5) is 26.1. The van der Waals surface area contributed by atoms with E-state index in [-0.39, 0.29) is 12.3 Å². The van der Waals surface area contributed by atoms with Crippen molar-refractivity contribution in [3.63, 3.8) is 0 Å². The molecule has 18 heavy (non-hydrogen) atoms. The molecule has 0 bridgehead atoms. The van der Waals surface area contributed by atoms with E-state index in [0.29, 0.717) is 18.9 Å². The fourth-order valence-corrected chi connectivity index (χ4v) is 2.26. The lowest BCUT2D eigenvalue weighted by molar-refractivity contribution is -0.138. The summed E-state index contributed by atoms with van der Waals surface area (Å²) in [5, 5.41) is 8.56. The third-order valence-corrected chi connectivity index (χ3v) is 3.69. The van der Waals surface area contributed by atoms with Crippen LogP contribution >= 0.6 is 0 Å². The first-order valence-corrected chi connectivity index (χ1v) is 6.63. The second-order valence-electron chi connectivity index (χ2n) is 5.24. The van der Waals surface area contributed by atoms with Crippen molar-refractivity contribution in [2.75, 3.05) is 33.7 Å². The molecular weight excluding hydrogens is 232 g/mol. The van der Waals surface area contributed by atoms with Gasteiger partial charge in [-0.15, -0.1) is 0 Å². The molecule has 0 aromatic rings. The van der Waals surface area contributed by atoms with Gasteiger partial charge < -0.3 is 14.9 Å². The Morgan fingerprint density at radius 3 is 2.44 bits per heavy atom. The summed E-state index contributed by atoms with van der Waals surface area (Å²) in [5.41, 5.74) is 0. The van der Waals surface area contributed by atoms with Gasteiger partial charge in [0.15, 0.2) is 0 Å². The number of carbonyl (C=O) groups excluding carboxylic acids is 1. The van der Waals surface area contributed by atoms with E-state index >= 15 is 0 Å². The van der Waals surface area contributed by atoms with Gasteiger partial charge in [0.05, 0.1) is 6.42 Å². The van der Waals surface area contributed by atoms with Crippen molar-refractivity contribution in [1.29, 1.82) is 0 Å². The van der Waals surface area contributed by atoms with Gasteiger partial charge in [-0.1, -0.05) is 0 Å². The standard InChI is InChI=1S/C13H24N2O3/c1-14-8-5-11(6-9-14)3-4-12(16)15(2)10-7-13(17)18/h11H,3-10H2,1-2H3,(H,17,18). The molecule has 0 unspecified atom stereocenters. The molecule has 104 valence electrons. The summed E-state index contributed by atoms with van der Waals surface area (Å²) >= 11 is 0. The Morgan fingerprint density at radius 1 is 1.28 bits per heavy atom. The Morgan fingerprint density at radius 2 is 1.89 bits per heavy atom. The van der Waals surface area contributed by atoms with Gasteiger partial charge in [0, 0.05) is 20.0 Å². The van der Waals surface area contributed by atoms with Crippen LogP contribution in [0.2, 0.25) is 0 Å². The zero-order chi connectivity index (χ0) is 13.5. The van der Waals surface area contributed by atoms with Crippen molar-refractivity contribution < 1.29 is 14.7 Å². The Bertz CT molecular complexity index is 286. The Balaban J connectivity index is 2.17. The first kappa shape index (κ1) is 15.0. The van der Waals surface area contributed by atoms with Crippen molar-refractivity contribution in [2.45, 2.75) is 32.1 Å². The smallest absolute Gasteiger partial charge is 0.305 e. The number of nitrogens with zero attached hydrogens (tertiary/aromatic N) is 2. The average molecular weight is 256 g/mol. The van der Waals surface area contributed by atoms with E-state index in [1.54, 1.807) is 7.05 Å². The van der Waals surface area contributed by atoms with Crippen molar-refractivity contribution in [2.24, 2.45) is 5.92 Å². The highest BCUT2D eigenvalue weighted by Gasteiger charge is 2.18.